The van der Waals surface area contributed by atoms with Gasteiger partial charge in [0.05, 0.1) is 0 Å². The molecule has 0 bridgehead atoms. The van der Waals surface area contributed by atoms with Crippen LogP contribution >= 0.6 is 0 Å². The van der Waals surface area contributed by atoms with Crippen molar-refractivity contribution in [2.75, 3.05) is 13.1 Å². The normalized spacial score (nSPS) is 10.4. The molecule has 1 aromatic rings. The fourth-order valence-electron chi connectivity index (χ4n) is 1.37. The molecule has 19 heavy (non-hydrogen) atoms. The van der Waals surface area contributed by atoms with Gasteiger partial charge in [0.1, 0.15) is 17.2 Å². The molecule has 0 spiro atoms. The fourth-order valence-corrected chi connectivity index (χ4v) is 1.37. The van der Waals surface area contributed by atoms with Gasteiger partial charge in [0.15, 0.2) is 0 Å². The van der Waals surface area contributed by atoms with Crippen molar-refractivity contribution in [1.29, 1.82) is 0 Å². The zero-order valence-corrected chi connectivity index (χ0v) is 10.8. The second-order valence-corrected chi connectivity index (χ2v) is 4.30. The Balaban J connectivity index is 2.46. The van der Waals surface area contributed by atoms with Gasteiger partial charge >= 0.3 is 0 Å². The van der Waals surface area contributed by atoms with Gasteiger partial charge in [-0.3, -0.25) is 9.59 Å². The monoisotopic (exact) mass is 270 g/mol. The van der Waals surface area contributed by atoms with Gasteiger partial charge in [0.25, 0.3) is 5.91 Å². The van der Waals surface area contributed by atoms with Crippen molar-refractivity contribution in [1.82, 2.24) is 10.6 Å². The van der Waals surface area contributed by atoms with Crippen molar-refractivity contribution in [3.8, 4) is 0 Å². The predicted molar refractivity (Wildman–Crippen MR) is 66.5 cm³/mol. The first-order valence-corrected chi connectivity index (χ1v) is 5.93. The van der Waals surface area contributed by atoms with Crippen molar-refractivity contribution < 1.29 is 18.4 Å². The first-order chi connectivity index (χ1) is 8.93. The number of carbonyl (C=O) groups excluding carboxylic acids is 2. The minimum atomic E-state index is -0.913. The summed E-state index contributed by atoms with van der Waals surface area (Å²) in [4.78, 5) is 22.8. The lowest BCUT2D eigenvalue weighted by Crippen LogP contribution is -2.36. The van der Waals surface area contributed by atoms with Crippen LogP contribution in [0.3, 0.4) is 0 Å². The Morgan fingerprint density at radius 2 is 1.63 bits per heavy atom. The molecular weight excluding hydrogens is 254 g/mol. The first-order valence-electron chi connectivity index (χ1n) is 5.93. The van der Waals surface area contributed by atoms with Crippen LogP contribution in [0.4, 0.5) is 8.78 Å². The Morgan fingerprint density at radius 1 is 1.11 bits per heavy atom. The highest BCUT2D eigenvalue weighted by Crippen LogP contribution is 2.11. The molecule has 6 heteroatoms. The van der Waals surface area contributed by atoms with E-state index in [1.165, 1.54) is 6.07 Å². The van der Waals surface area contributed by atoms with Gasteiger partial charge in [-0.05, 0) is 12.1 Å². The zero-order chi connectivity index (χ0) is 14.4. The van der Waals surface area contributed by atoms with Crippen molar-refractivity contribution in [3.63, 3.8) is 0 Å². The Hall–Kier alpha value is -1.98. The zero-order valence-electron chi connectivity index (χ0n) is 10.8. The minimum absolute atomic E-state index is 0.102. The van der Waals surface area contributed by atoms with E-state index < -0.39 is 23.1 Å². The van der Waals surface area contributed by atoms with Crippen molar-refractivity contribution >= 4 is 11.8 Å². The van der Waals surface area contributed by atoms with E-state index in [0.29, 0.717) is 0 Å². The molecule has 0 saturated carbocycles. The molecule has 0 radical (unpaired) electrons. The summed E-state index contributed by atoms with van der Waals surface area (Å²) >= 11 is 0. The molecule has 2 amide bonds. The standard InChI is InChI=1S/C13H16F2N2O2/c1-8(2)12(18)16-6-7-17-13(19)11-9(14)4-3-5-10(11)15/h3-5,8H,6-7H2,1-2H3,(H,16,18)(H,17,19). The van der Waals surface area contributed by atoms with E-state index in [4.69, 9.17) is 0 Å². The van der Waals surface area contributed by atoms with Crippen LogP contribution in [-0.4, -0.2) is 24.9 Å². The largest absolute Gasteiger partial charge is 0.354 e. The van der Waals surface area contributed by atoms with E-state index in [1.807, 2.05) is 0 Å². The number of hydrogen-bond donors (Lipinski definition) is 2. The second-order valence-electron chi connectivity index (χ2n) is 4.30. The average Bonchev–Trinajstić information content (AvgIpc) is 2.34. The van der Waals surface area contributed by atoms with Crippen LogP contribution in [0.5, 0.6) is 0 Å². The van der Waals surface area contributed by atoms with E-state index in [-0.39, 0.29) is 24.9 Å². The van der Waals surface area contributed by atoms with Gasteiger partial charge in [-0.1, -0.05) is 19.9 Å². The number of amides is 2. The lowest BCUT2D eigenvalue weighted by Gasteiger charge is -2.09. The molecule has 104 valence electrons. The van der Waals surface area contributed by atoms with Crippen molar-refractivity contribution in [3.05, 3.63) is 35.4 Å². The van der Waals surface area contributed by atoms with E-state index >= 15 is 0 Å². The number of nitrogens with one attached hydrogen (secondary N) is 2. The Labute approximate surface area is 110 Å². The molecule has 0 aromatic heterocycles. The molecule has 0 aliphatic heterocycles. The lowest BCUT2D eigenvalue weighted by atomic mass is 10.2. The third-order valence-corrected chi connectivity index (χ3v) is 2.42. The number of hydrogen-bond acceptors (Lipinski definition) is 2. The van der Waals surface area contributed by atoms with Crippen molar-refractivity contribution in [2.45, 2.75) is 13.8 Å². The molecule has 0 saturated heterocycles. The molecule has 4 nitrogen and oxygen atoms in total. The fraction of sp³-hybridized carbons (Fsp3) is 0.385. The van der Waals surface area contributed by atoms with Crippen LogP contribution in [0, 0.1) is 17.6 Å². The number of benzene rings is 1. The summed E-state index contributed by atoms with van der Waals surface area (Å²) in [7, 11) is 0. The number of carbonyl (C=O) groups is 2. The minimum Gasteiger partial charge on any atom is -0.354 e. The van der Waals surface area contributed by atoms with Gasteiger partial charge < -0.3 is 10.6 Å². The molecule has 0 aliphatic carbocycles. The second kappa shape index (κ2) is 6.82. The van der Waals surface area contributed by atoms with E-state index in [9.17, 15) is 18.4 Å². The third-order valence-electron chi connectivity index (χ3n) is 2.42. The summed E-state index contributed by atoms with van der Waals surface area (Å²) in [6.45, 7) is 3.79. The summed E-state index contributed by atoms with van der Waals surface area (Å²) in [6, 6.07) is 3.21. The Kier molecular flexibility index (Phi) is 5.41. The maximum atomic E-state index is 13.3. The Morgan fingerprint density at radius 3 is 2.16 bits per heavy atom. The van der Waals surface area contributed by atoms with Crippen LogP contribution in [0.15, 0.2) is 18.2 Å². The number of halogens is 2. The number of rotatable bonds is 5. The highest BCUT2D eigenvalue weighted by Gasteiger charge is 2.16. The van der Waals surface area contributed by atoms with Gasteiger partial charge in [0.2, 0.25) is 5.91 Å². The topological polar surface area (TPSA) is 58.2 Å². The molecule has 0 heterocycles. The van der Waals surface area contributed by atoms with Crippen LogP contribution in [0.1, 0.15) is 24.2 Å². The molecule has 1 rings (SSSR count). The SMILES string of the molecule is CC(C)C(=O)NCCNC(=O)c1c(F)cccc1F. The van der Waals surface area contributed by atoms with Crippen molar-refractivity contribution in [2.24, 2.45) is 5.92 Å². The molecule has 0 unspecified atom stereocenters. The average molecular weight is 270 g/mol. The van der Waals surface area contributed by atoms with Crippen LogP contribution in [-0.2, 0) is 4.79 Å². The molecule has 0 fully saturated rings. The van der Waals surface area contributed by atoms with Gasteiger partial charge in [-0.2, -0.15) is 0 Å². The predicted octanol–water partition coefficient (Wildman–Crippen LogP) is 1.47. The van der Waals surface area contributed by atoms with Crippen LogP contribution in [0.25, 0.3) is 0 Å². The summed E-state index contributed by atoms with van der Waals surface area (Å²) in [5.41, 5.74) is -0.613. The van der Waals surface area contributed by atoms with E-state index in [2.05, 4.69) is 10.6 Å². The summed E-state index contributed by atoms with van der Waals surface area (Å²) in [5, 5.41) is 4.92. The smallest absolute Gasteiger partial charge is 0.257 e. The highest BCUT2D eigenvalue weighted by molar-refractivity contribution is 5.94. The third kappa shape index (κ3) is 4.31. The molecule has 1 aromatic carbocycles. The van der Waals surface area contributed by atoms with Crippen LogP contribution < -0.4 is 10.6 Å². The highest BCUT2D eigenvalue weighted by atomic mass is 19.1. The maximum absolute atomic E-state index is 13.3. The summed E-state index contributed by atoms with van der Waals surface area (Å²) < 4.78 is 26.5. The van der Waals surface area contributed by atoms with E-state index in [1.54, 1.807) is 13.8 Å². The molecule has 0 aliphatic rings. The summed E-state index contributed by atoms with van der Waals surface area (Å²) in [6.07, 6.45) is 0. The van der Waals surface area contributed by atoms with E-state index in [0.717, 1.165) is 12.1 Å². The quantitative estimate of drug-likeness (QED) is 0.796. The maximum Gasteiger partial charge on any atom is 0.257 e. The van der Waals surface area contributed by atoms with Gasteiger partial charge in [-0.15, -0.1) is 0 Å². The molecule has 2 N–H and O–H groups in total. The Bertz CT molecular complexity index is 455. The van der Waals surface area contributed by atoms with Gasteiger partial charge in [-0.25, -0.2) is 8.78 Å². The summed E-state index contributed by atoms with van der Waals surface area (Å²) in [5.74, 6) is -2.96. The first kappa shape index (κ1) is 15.1. The molecular formula is C13H16F2N2O2. The molecule has 0 atom stereocenters. The lowest BCUT2D eigenvalue weighted by molar-refractivity contribution is -0.123. The van der Waals surface area contributed by atoms with Crippen LogP contribution in [0.2, 0.25) is 0 Å². The van der Waals surface area contributed by atoms with Gasteiger partial charge in [0, 0.05) is 19.0 Å².